The predicted molar refractivity (Wildman–Crippen MR) is 59.8 cm³/mol. The molecule has 1 N–H and O–H groups in total. The molecule has 0 aromatic heterocycles. The minimum absolute atomic E-state index is 0.0380. The van der Waals surface area contributed by atoms with Gasteiger partial charge in [-0.05, 0) is 24.6 Å². The van der Waals surface area contributed by atoms with Crippen LogP contribution in [-0.4, -0.2) is 20.0 Å². The molecule has 0 saturated heterocycles. The van der Waals surface area contributed by atoms with Crippen molar-refractivity contribution in [1.29, 1.82) is 0 Å². The van der Waals surface area contributed by atoms with Gasteiger partial charge in [0.25, 0.3) is 0 Å². The van der Waals surface area contributed by atoms with Crippen LogP contribution in [0.2, 0.25) is 0 Å². The van der Waals surface area contributed by atoms with Gasteiger partial charge in [-0.15, -0.1) is 0 Å². The van der Waals surface area contributed by atoms with Crippen LogP contribution in [0.15, 0.2) is 18.2 Å². The third-order valence-corrected chi connectivity index (χ3v) is 2.05. The zero-order valence-corrected chi connectivity index (χ0v) is 9.09. The highest BCUT2D eigenvalue weighted by Crippen LogP contribution is 2.21. The number of rotatable bonds is 2. The maximum absolute atomic E-state index is 10.9. The van der Waals surface area contributed by atoms with Crippen LogP contribution in [0.4, 0.5) is 11.4 Å². The second-order valence-electron chi connectivity index (χ2n) is 3.57. The van der Waals surface area contributed by atoms with Crippen molar-refractivity contribution in [1.82, 2.24) is 0 Å². The molecule has 1 rings (SSSR count). The van der Waals surface area contributed by atoms with E-state index in [4.69, 9.17) is 0 Å². The third kappa shape index (κ3) is 2.49. The van der Waals surface area contributed by atoms with Crippen LogP contribution < -0.4 is 10.2 Å². The van der Waals surface area contributed by atoms with E-state index < -0.39 is 0 Å². The average molecular weight is 192 g/mol. The molecule has 0 aliphatic heterocycles. The van der Waals surface area contributed by atoms with Gasteiger partial charge in [0.15, 0.2) is 0 Å². The monoisotopic (exact) mass is 192 g/mol. The van der Waals surface area contributed by atoms with Crippen molar-refractivity contribution in [3.05, 3.63) is 23.8 Å². The maximum Gasteiger partial charge on any atom is 0.221 e. The van der Waals surface area contributed by atoms with E-state index in [1.165, 1.54) is 6.92 Å². The molecule has 1 aromatic carbocycles. The molecule has 0 bridgehead atoms. The van der Waals surface area contributed by atoms with E-state index in [1.807, 2.05) is 44.1 Å². The fraction of sp³-hybridized carbons (Fsp3) is 0.364. The number of carbonyl (C=O) groups excluding carboxylic acids is 1. The van der Waals surface area contributed by atoms with Crippen molar-refractivity contribution < 1.29 is 4.79 Å². The number of amides is 1. The van der Waals surface area contributed by atoms with E-state index in [-0.39, 0.29) is 5.91 Å². The smallest absolute Gasteiger partial charge is 0.221 e. The van der Waals surface area contributed by atoms with Gasteiger partial charge >= 0.3 is 0 Å². The molecule has 0 saturated carbocycles. The summed E-state index contributed by atoms with van der Waals surface area (Å²) in [5, 5.41) is 2.80. The molecule has 76 valence electrons. The Morgan fingerprint density at radius 1 is 1.36 bits per heavy atom. The van der Waals surface area contributed by atoms with Gasteiger partial charge in [0.1, 0.15) is 0 Å². The van der Waals surface area contributed by atoms with Crippen molar-refractivity contribution in [2.24, 2.45) is 0 Å². The SMILES string of the molecule is CC(=O)Nc1cc(N(C)C)ccc1C. The molecule has 0 aliphatic rings. The zero-order valence-electron chi connectivity index (χ0n) is 9.09. The molecule has 3 heteroatoms. The summed E-state index contributed by atoms with van der Waals surface area (Å²) in [5.41, 5.74) is 3.04. The van der Waals surface area contributed by atoms with E-state index in [0.717, 1.165) is 16.9 Å². The summed E-state index contributed by atoms with van der Waals surface area (Å²) in [6, 6.07) is 6.00. The lowest BCUT2D eigenvalue weighted by Gasteiger charge is -2.15. The zero-order chi connectivity index (χ0) is 10.7. The fourth-order valence-corrected chi connectivity index (χ4v) is 1.21. The topological polar surface area (TPSA) is 32.3 Å². The molecule has 0 atom stereocenters. The van der Waals surface area contributed by atoms with E-state index in [9.17, 15) is 4.79 Å². The molecule has 0 aliphatic carbocycles. The predicted octanol–water partition coefficient (Wildman–Crippen LogP) is 2.02. The lowest BCUT2D eigenvalue weighted by Crippen LogP contribution is -2.11. The molecule has 1 amide bonds. The highest BCUT2D eigenvalue weighted by Gasteiger charge is 2.02. The van der Waals surface area contributed by atoms with Gasteiger partial charge in [-0.1, -0.05) is 6.07 Å². The summed E-state index contributed by atoms with van der Waals surface area (Å²) in [6.45, 7) is 3.49. The van der Waals surface area contributed by atoms with Gasteiger partial charge < -0.3 is 10.2 Å². The second-order valence-corrected chi connectivity index (χ2v) is 3.57. The minimum Gasteiger partial charge on any atom is -0.378 e. The average Bonchev–Trinajstić information content (AvgIpc) is 2.07. The second kappa shape index (κ2) is 4.13. The number of hydrogen-bond acceptors (Lipinski definition) is 2. The van der Waals surface area contributed by atoms with Crippen molar-refractivity contribution in [3.63, 3.8) is 0 Å². The van der Waals surface area contributed by atoms with Gasteiger partial charge in [-0.3, -0.25) is 4.79 Å². The summed E-state index contributed by atoms with van der Waals surface area (Å²) in [7, 11) is 3.95. The number of benzene rings is 1. The summed E-state index contributed by atoms with van der Waals surface area (Å²) >= 11 is 0. The summed E-state index contributed by atoms with van der Waals surface area (Å²) in [4.78, 5) is 12.9. The molecular weight excluding hydrogens is 176 g/mol. The first kappa shape index (κ1) is 10.6. The standard InChI is InChI=1S/C11H16N2O/c1-8-5-6-10(13(3)4)7-11(8)12-9(2)14/h5-7H,1-4H3,(H,12,14). The molecule has 0 radical (unpaired) electrons. The maximum atomic E-state index is 10.9. The van der Waals surface area contributed by atoms with Crippen molar-refractivity contribution >= 4 is 17.3 Å². The minimum atomic E-state index is -0.0380. The Kier molecular flexibility index (Phi) is 3.12. The molecule has 1 aromatic rings. The van der Waals surface area contributed by atoms with Crippen LogP contribution in [0, 0.1) is 6.92 Å². The van der Waals surface area contributed by atoms with Crippen LogP contribution in [0.1, 0.15) is 12.5 Å². The van der Waals surface area contributed by atoms with Gasteiger partial charge in [0.05, 0.1) is 0 Å². The molecule has 0 spiro atoms. The molecule has 0 fully saturated rings. The van der Waals surface area contributed by atoms with E-state index in [0.29, 0.717) is 0 Å². The Bertz CT molecular complexity index is 345. The van der Waals surface area contributed by atoms with Crippen LogP contribution in [0.5, 0.6) is 0 Å². The normalized spacial score (nSPS) is 9.71. The highest BCUT2D eigenvalue weighted by molar-refractivity contribution is 5.90. The summed E-state index contributed by atoms with van der Waals surface area (Å²) in [6.07, 6.45) is 0. The van der Waals surface area contributed by atoms with Crippen molar-refractivity contribution in [3.8, 4) is 0 Å². The first-order valence-corrected chi connectivity index (χ1v) is 4.56. The van der Waals surface area contributed by atoms with Crippen molar-refractivity contribution in [2.75, 3.05) is 24.3 Å². The Labute approximate surface area is 84.7 Å². The molecule has 3 nitrogen and oxygen atoms in total. The number of hydrogen-bond donors (Lipinski definition) is 1. The first-order chi connectivity index (χ1) is 6.50. The number of nitrogens with one attached hydrogen (secondary N) is 1. The first-order valence-electron chi connectivity index (χ1n) is 4.56. The molecule has 0 heterocycles. The van der Waals surface area contributed by atoms with Gasteiger partial charge in [0.2, 0.25) is 5.91 Å². The Hall–Kier alpha value is -1.51. The highest BCUT2D eigenvalue weighted by atomic mass is 16.1. The number of carbonyl (C=O) groups is 1. The third-order valence-electron chi connectivity index (χ3n) is 2.05. The van der Waals surface area contributed by atoms with Crippen LogP contribution >= 0.6 is 0 Å². The summed E-state index contributed by atoms with van der Waals surface area (Å²) in [5.74, 6) is -0.0380. The van der Waals surface area contributed by atoms with E-state index >= 15 is 0 Å². The number of anilines is 2. The molecular formula is C11H16N2O. The molecule has 14 heavy (non-hydrogen) atoms. The number of aryl methyl sites for hydroxylation is 1. The van der Waals surface area contributed by atoms with Crippen LogP contribution in [-0.2, 0) is 4.79 Å². The van der Waals surface area contributed by atoms with E-state index in [2.05, 4.69) is 5.32 Å². The lowest BCUT2D eigenvalue weighted by molar-refractivity contribution is -0.114. The fourth-order valence-electron chi connectivity index (χ4n) is 1.21. The Balaban J connectivity index is 3.02. The van der Waals surface area contributed by atoms with E-state index in [1.54, 1.807) is 0 Å². The molecule has 0 unspecified atom stereocenters. The largest absolute Gasteiger partial charge is 0.378 e. The Morgan fingerprint density at radius 2 is 2.00 bits per heavy atom. The van der Waals surface area contributed by atoms with Gasteiger partial charge in [-0.2, -0.15) is 0 Å². The Morgan fingerprint density at radius 3 is 2.50 bits per heavy atom. The van der Waals surface area contributed by atoms with Gasteiger partial charge in [0, 0.05) is 32.4 Å². The van der Waals surface area contributed by atoms with Gasteiger partial charge in [-0.25, -0.2) is 0 Å². The summed E-state index contributed by atoms with van der Waals surface area (Å²) < 4.78 is 0. The van der Waals surface area contributed by atoms with Crippen LogP contribution in [0.3, 0.4) is 0 Å². The quantitative estimate of drug-likeness (QED) is 0.777. The van der Waals surface area contributed by atoms with Crippen molar-refractivity contribution in [2.45, 2.75) is 13.8 Å². The number of nitrogens with zero attached hydrogens (tertiary/aromatic N) is 1. The van der Waals surface area contributed by atoms with Crippen LogP contribution in [0.25, 0.3) is 0 Å². The lowest BCUT2D eigenvalue weighted by atomic mass is 10.1.